The fourth-order valence-corrected chi connectivity index (χ4v) is 4.56. The van der Waals surface area contributed by atoms with Crippen LogP contribution in [0, 0.1) is 5.41 Å². The SMILES string of the molecule is CC1(C)CCCC1NS(=O)(=O)c1[nH]ncc1CNC1CC1. The molecule has 1 atom stereocenters. The first-order valence-corrected chi connectivity index (χ1v) is 9.15. The zero-order chi connectivity index (χ0) is 15.1. The van der Waals surface area contributed by atoms with Gasteiger partial charge in [-0.25, -0.2) is 13.1 Å². The van der Waals surface area contributed by atoms with Gasteiger partial charge >= 0.3 is 0 Å². The molecule has 3 N–H and O–H groups in total. The summed E-state index contributed by atoms with van der Waals surface area (Å²) in [6.45, 7) is 4.79. The molecule has 0 bridgehead atoms. The van der Waals surface area contributed by atoms with Gasteiger partial charge in [-0.1, -0.05) is 20.3 Å². The minimum Gasteiger partial charge on any atom is -0.310 e. The van der Waals surface area contributed by atoms with E-state index in [4.69, 9.17) is 0 Å². The van der Waals surface area contributed by atoms with Gasteiger partial charge in [-0.3, -0.25) is 5.10 Å². The Balaban J connectivity index is 1.73. The zero-order valence-electron chi connectivity index (χ0n) is 12.6. The highest BCUT2D eigenvalue weighted by molar-refractivity contribution is 7.89. The molecule has 0 aliphatic heterocycles. The summed E-state index contributed by atoms with van der Waals surface area (Å²) in [4.78, 5) is 0. The minimum atomic E-state index is -3.54. The maximum atomic E-state index is 12.6. The molecule has 0 amide bonds. The summed E-state index contributed by atoms with van der Waals surface area (Å²) in [5.74, 6) is 0. The highest BCUT2D eigenvalue weighted by Gasteiger charge is 2.38. The second kappa shape index (κ2) is 5.37. The van der Waals surface area contributed by atoms with Crippen LogP contribution in [-0.2, 0) is 16.6 Å². The molecule has 6 nitrogen and oxygen atoms in total. The third-order valence-corrected chi connectivity index (χ3v) is 6.15. The highest BCUT2D eigenvalue weighted by Crippen LogP contribution is 2.38. The van der Waals surface area contributed by atoms with E-state index in [-0.39, 0.29) is 16.5 Å². The van der Waals surface area contributed by atoms with Crippen LogP contribution in [0.5, 0.6) is 0 Å². The third kappa shape index (κ3) is 3.30. The summed E-state index contributed by atoms with van der Waals surface area (Å²) in [6, 6.07) is 0.534. The summed E-state index contributed by atoms with van der Waals surface area (Å²) in [5, 5.41) is 10.1. The Morgan fingerprint density at radius 3 is 2.76 bits per heavy atom. The van der Waals surface area contributed by atoms with Crippen LogP contribution >= 0.6 is 0 Å². The number of hydrogen-bond acceptors (Lipinski definition) is 4. The van der Waals surface area contributed by atoms with Gasteiger partial charge in [0.2, 0.25) is 0 Å². The topological polar surface area (TPSA) is 86.9 Å². The number of nitrogens with one attached hydrogen (secondary N) is 3. The predicted molar refractivity (Wildman–Crippen MR) is 80.2 cm³/mol. The highest BCUT2D eigenvalue weighted by atomic mass is 32.2. The van der Waals surface area contributed by atoms with E-state index in [1.165, 1.54) is 12.8 Å². The quantitative estimate of drug-likeness (QED) is 0.743. The maximum absolute atomic E-state index is 12.6. The van der Waals surface area contributed by atoms with Crippen molar-refractivity contribution < 1.29 is 8.42 Å². The van der Waals surface area contributed by atoms with Crippen LogP contribution in [0.15, 0.2) is 11.2 Å². The van der Waals surface area contributed by atoms with Crippen LogP contribution in [0.3, 0.4) is 0 Å². The molecule has 0 aromatic carbocycles. The Morgan fingerprint density at radius 1 is 1.38 bits per heavy atom. The van der Waals surface area contributed by atoms with Crippen LogP contribution in [-0.4, -0.2) is 30.7 Å². The molecule has 1 unspecified atom stereocenters. The summed E-state index contributed by atoms with van der Waals surface area (Å²) >= 11 is 0. The summed E-state index contributed by atoms with van der Waals surface area (Å²) in [6.07, 6.45) is 6.97. The molecular weight excluding hydrogens is 288 g/mol. The molecule has 2 aliphatic rings. The molecule has 2 saturated carbocycles. The molecule has 7 heteroatoms. The second-order valence-electron chi connectivity index (χ2n) is 6.93. The first kappa shape index (κ1) is 15.0. The second-order valence-corrected chi connectivity index (χ2v) is 8.59. The van der Waals surface area contributed by atoms with Crippen LogP contribution in [0.4, 0.5) is 0 Å². The van der Waals surface area contributed by atoms with E-state index in [9.17, 15) is 8.42 Å². The van der Waals surface area contributed by atoms with E-state index >= 15 is 0 Å². The molecule has 0 saturated heterocycles. The number of aromatic amines is 1. The van der Waals surface area contributed by atoms with Gasteiger partial charge in [0.25, 0.3) is 10.0 Å². The molecule has 3 rings (SSSR count). The zero-order valence-corrected chi connectivity index (χ0v) is 13.5. The molecule has 1 heterocycles. The number of nitrogens with zero attached hydrogens (tertiary/aromatic N) is 1. The van der Waals surface area contributed by atoms with Crippen molar-refractivity contribution in [2.24, 2.45) is 5.41 Å². The Bertz CT molecular complexity index is 604. The van der Waals surface area contributed by atoms with Gasteiger partial charge in [0.05, 0.1) is 6.20 Å². The minimum absolute atomic E-state index is 0.00459. The van der Waals surface area contributed by atoms with E-state index in [1.54, 1.807) is 6.20 Å². The lowest BCUT2D eigenvalue weighted by Crippen LogP contribution is -2.41. The van der Waals surface area contributed by atoms with Gasteiger partial charge in [0, 0.05) is 24.2 Å². The van der Waals surface area contributed by atoms with Gasteiger partial charge in [-0.05, 0) is 31.1 Å². The number of rotatable bonds is 6. The number of hydrogen-bond donors (Lipinski definition) is 3. The van der Waals surface area contributed by atoms with Crippen molar-refractivity contribution in [3.05, 3.63) is 11.8 Å². The van der Waals surface area contributed by atoms with E-state index < -0.39 is 10.0 Å². The lowest BCUT2D eigenvalue weighted by atomic mass is 9.88. The molecule has 0 radical (unpaired) electrons. The van der Waals surface area contributed by atoms with Gasteiger partial charge in [-0.2, -0.15) is 5.10 Å². The Hall–Kier alpha value is -0.920. The summed E-state index contributed by atoms with van der Waals surface area (Å²) in [5.41, 5.74) is 0.727. The fraction of sp³-hybridized carbons (Fsp3) is 0.786. The first-order valence-electron chi connectivity index (χ1n) is 7.66. The van der Waals surface area contributed by atoms with Crippen molar-refractivity contribution >= 4 is 10.0 Å². The average molecular weight is 312 g/mol. The van der Waals surface area contributed by atoms with Gasteiger partial charge in [-0.15, -0.1) is 0 Å². The van der Waals surface area contributed by atoms with Gasteiger partial charge in [0.15, 0.2) is 5.03 Å². The Kier molecular flexibility index (Phi) is 3.83. The molecule has 1 aromatic heterocycles. The van der Waals surface area contributed by atoms with Crippen LogP contribution in [0.25, 0.3) is 0 Å². The Labute approximate surface area is 126 Å². The smallest absolute Gasteiger partial charge is 0.258 e. The molecule has 2 aliphatic carbocycles. The van der Waals surface area contributed by atoms with Crippen molar-refractivity contribution in [1.82, 2.24) is 20.2 Å². The van der Waals surface area contributed by atoms with E-state index in [2.05, 4.69) is 34.1 Å². The van der Waals surface area contributed by atoms with Gasteiger partial charge < -0.3 is 5.32 Å². The largest absolute Gasteiger partial charge is 0.310 e. The molecule has 2 fully saturated rings. The fourth-order valence-electron chi connectivity index (χ4n) is 2.99. The molecule has 1 aromatic rings. The lowest BCUT2D eigenvalue weighted by molar-refractivity contribution is 0.312. The average Bonchev–Trinajstić information content (AvgIpc) is 3.00. The van der Waals surface area contributed by atoms with Crippen molar-refractivity contribution in [3.8, 4) is 0 Å². The summed E-state index contributed by atoms with van der Waals surface area (Å²) < 4.78 is 28.1. The van der Waals surface area contributed by atoms with E-state index in [1.807, 2.05) is 0 Å². The maximum Gasteiger partial charge on any atom is 0.258 e. The van der Waals surface area contributed by atoms with Crippen molar-refractivity contribution in [3.63, 3.8) is 0 Å². The van der Waals surface area contributed by atoms with E-state index in [0.29, 0.717) is 18.2 Å². The monoisotopic (exact) mass is 312 g/mol. The molecular formula is C14H24N4O2S. The normalized spacial score (nSPS) is 25.3. The summed E-state index contributed by atoms with van der Waals surface area (Å²) in [7, 11) is -3.54. The van der Waals surface area contributed by atoms with Crippen LogP contribution in [0.1, 0.15) is 51.5 Å². The predicted octanol–water partition coefficient (Wildman–Crippen LogP) is 1.52. The van der Waals surface area contributed by atoms with Crippen LogP contribution < -0.4 is 10.0 Å². The lowest BCUT2D eigenvalue weighted by Gasteiger charge is -2.27. The number of sulfonamides is 1. The number of H-pyrrole nitrogens is 1. The first-order chi connectivity index (χ1) is 9.88. The van der Waals surface area contributed by atoms with Crippen molar-refractivity contribution in [2.75, 3.05) is 0 Å². The van der Waals surface area contributed by atoms with Crippen LogP contribution in [0.2, 0.25) is 0 Å². The van der Waals surface area contributed by atoms with Crippen molar-refractivity contribution in [2.45, 2.75) is 69.6 Å². The van der Waals surface area contributed by atoms with Gasteiger partial charge in [0.1, 0.15) is 0 Å². The number of aromatic nitrogens is 2. The van der Waals surface area contributed by atoms with E-state index in [0.717, 1.165) is 19.3 Å². The Morgan fingerprint density at radius 2 is 2.14 bits per heavy atom. The molecule has 0 spiro atoms. The standard InChI is InChI=1S/C14H24N4O2S/c1-14(2)7-3-4-12(14)18-21(19,20)13-10(9-16-17-13)8-15-11-5-6-11/h9,11-12,15,18H,3-8H2,1-2H3,(H,16,17). The third-order valence-electron chi connectivity index (χ3n) is 4.66. The molecule has 118 valence electrons. The van der Waals surface area contributed by atoms with Crippen molar-refractivity contribution in [1.29, 1.82) is 0 Å². The molecule has 21 heavy (non-hydrogen) atoms.